The van der Waals surface area contributed by atoms with Crippen LogP contribution in [0.2, 0.25) is 0 Å². The van der Waals surface area contributed by atoms with Gasteiger partial charge in [-0.05, 0) is 28.7 Å². The van der Waals surface area contributed by atoms with E-state index in [2.05, 4.69) is 44.2 Å². The van der Waals surface area contributed by atoms with Crippen molar-refractivity contribution in [3.8, 4) is 22.8 Å². The highest BCUT2D eigenvalue weighted by molar-refractivity contribution is 5.95. The molecule has 0 bridgehead atoms. The van der Waals surface area contributed by atoms with E-state index >= 15 is 0 Å². The third-order valence-corrected chi connectivity index (χ3v) is 4.88. The first-order chi connectivity index (χ1) is 14.6. The zero-order chi connectivity index (χ0) is 20.9. The van der Waals surface area contributed by atoms with Gasteiger partial charge in [0.25, 0.3) is 5.56 Å². The number of rotatable bonds is 6. The number of nitrogens with zero attached hydrogens (tertiary/aromatic N) is 3. The minimum absolute atomic E-state index is 0.0140. The van der Waals surface area contributed by atoms with Crippen molar-refractivity contribution in [1.29, 1.82) is 0 Å². The Hall–Kier alpha value is -3.93. The van der Waals surface area contributed by atoms with E-state index in [4.69, 9.17) is 0 Å². The van der Waals surface area contributed by atoms with Crippen molar-refractivity contribution >= 4 is 5.78 Å². The van der Waals surface area contributed by atoms with Crippen LogP contribution in [0.5, 0.6) is 0 Å². The highest BCUT2D eigenvalue weighted by atomic mass is 16.1. The molecule has 0 aliphatic carbocycles. The van der Waals surface area contributed by atoms with Gasteiger partial charge < -0.3 is 4.98 Å². The number of aromatic amines is 1. The molecule has 1 N–H and O–H groups in total. The van der Waals surface area contributed by atoms with Gasteiger partial charge in [0.2, 0.25) is 0 Å². The molecular weight excluding hydrogens is 376 g/mol. The third-order valence-electron chi connectivity index (χ3n) is 4.88. The lowest BCUT2D eigenvalue weighted by Crippen LogP contribution is -2.16. The molecule has 0 aliphatic rings. The molecule has 6 nitrogen and oxygen atoms in total. The highest BCUT2D eigenvalue weighted by Crippen LogP contribution is 2.25. The van der Waals surface area contributed by atoms with Crippen molar-refractivity contribution in [2.75, 3.05) is 0 Å². The van der Waals surface area contributed by atoms with Crippen molar-refractivity contribution in [2.24, 2.45) is 0 Å². The van der Waals surface area contributed by atoms with E-state index in [0.29, 0.717) is 0 Å². The number of hydrogen-bond acceptors (Lipinski definition) is 5. The third kappa shape index (κ3) is 4.38. The van der Waals surface area contributed by atoms with Gasteiger partial charge in [0.1, 0.15) is 5.69 Å². The summed E-state index contributed by atoms with van der Waals surface area (Å²) in [6.07, 6.45) is 3.35. The molecule has 0 saturated carbocycles. The van der Waals surface area contributed by atoms with Crippen LogP contribution in [0, 0.1) is 0 Å². The first-order valence-electron chi connectivity index (χ1n) is 9.67. The highest BCUT2D eigenvalue weighted by Gasteiger charge is 2.17. The molecule has 0 unspecified atom stereocenters. The molecule has 1 atom stereocenters. The molecule has 4 aromatic rings. The maximum absolute atomic E-state index is 12.8. The van der Waals surface area contributed by atoms with E-state index in [0.717, 1.165) is 16.7 Å². The lowest BCUT2D eigenvalue weighted by molar-refractivity contribution is 0.0970. The number of H-pyrrole nitrogens is 1. The van der Waals surface area contributed by atoms with Crippen molar-refractivity contribution in [2.45, 2.75) is 19.3 Å². The van der Waals surface area contributed by atoms with Gasteiger partial charge in [-0.1, -0.05) is 61.5 Å². The molecule has 0 radical (unpaired) electrons. The van der Waals surface area contributed by atoms with Crippen LogP contribution in [0.1, 0.15) is 35.3 Å². The number of hydrogen-bond donors (Lipinski definition) is 1. The smallest absolute Gasteiger partial charge is 0.251 e. The molecule has 6 heteroatoms. The Morgan fingerprint density at radius 1 is 0.933 bits per heavy atom. The van der Waals surface area contributed by atoms with Crippen LogP contribution in [0.3, 0.4) is 0 Å². The maximum Gasteiger partial charge on any atom is 0.251 e. The predicted molar refractivity (Wildman–Crippen MR) is 115 cm³/mol. The monoisotopic (exact) mass is 396 g/mol. The Balaban J connectivity index is 1.51. The topological polar surface area (TPSA) is 88.6 Å². The van der Waals surface area contributed by atoms with Crippen LogP contribution < -0.4 is 5.56 Å². The molecule has 2 aromatic carbocycles. The Morgan fingerprint density at radius 2 is 1.60 bits per heavy atom. The fourth-order valence-electron chi connectivity index (χ4n) is 3.26. The van der Waals surface area contributed by atoms with Crippen molar-refractivity contribution in [3.05, 3.63) is 101 Å². The molecule has 0 spiro atoms. The second kappa shape index (κ2) is 8.61. The van der Waals surface area contributed by atoms with E-state index in [-0.39, 0.29) is 35.5 Å². The van der Waals surface area contributed by atoms with E-state index in [1.165, 1.54) is 6.07 Å². The van der Waals surface area contributed by atoms with Crippen LogP contribution in [-0.4, -0.2) is 25.7 Å². The van der Waals surface area contributed by atoms with Crippen LogP contribution >= 0.6 is 0 Å². The van der Waals surface area contributed by atoms with E-state index < -0.39 is 5.56 Å². The second-order valence-corrected chi connectivity index (χ2v) is 7.07. The quantitative estimate of drug-likeness (QED) is 0.492. The van der Waals surface area contributed by atoms with Crippen molar-refractivity contribution in [3.63, 3.8) is 0 Å². The summed E-state index contributed by atoms with van der Waals surface area (Å²) in [6.45, 7) is 1.99. The molecule has 0 saturated heterocycles. The number of carbonyl (C=O) groups is 1. The normalized spacial score (nSPS) is 11.8. The average Bonchev–Trinajstić information content (AvgIpc) is 2.80. The number of carbonyl (C=O) groups excluding carboxylic acids is 1. The SMILES string of the molecule is C[C@@H](CC(=O)c1cc(=O)[nH]c(-c2ncccn2)n1)c1ccc(-c2ccccc2)cc1. The number of Topliss-reactive ketones (excluding diaryl/α,β-unsaturated/α-hetero) is 1. The standard InChI is InChI=1S/C24H20N4O2/c1-16(17-8-10-19(11-9-17)18-6-3-2-4-7-18)14-21(29)20-15-22(30)28-24(27-20)23-25-12-5-13-26-23/h2-13,15-16H,14H2,1H3,(H,27,28,30)/t16-/m0/s1. The first kappa shape index (κ1) is 19.4. The minimum Gasteiger partial charge on any atom is -0.304 e. The lowest BCUT2D eigenvalue weighted by Gasteiger charge is -2.12. The summed E-state index contributed by atoms with van der Waals surface area (Å²) in [5, 5.41) is 0. The lowest BCUT2D eigenvalue weighted by atomic mass is 9.93. The fourth-order valence-corrected chi connectivity index (χ4v) is 3.26. The van der Waals surface area contributed by atoms with E-state index in [9.17, 15) is 9.59 Å². The Kier molecular flexibility index (Phi) is 5.57. The molecule has 0 aliphatic heterocycles. The van der Waals surface area contributed by atoms with Gasteiger partial charge in [0, 0.05) is 24.9 Å². The average molecular weight is 396 g/mol. The van der Waals surface area contributed by atoms with Gasteiger partial charge in [-0.2, -0.15) is 0 Å². The minimum atomic E-state index is -0.407. The number of ketones is 1. The van der Waals surface area contributed by atoms with Crippen LogP contribution in [-0.2, 0) is 0 Å². The molecule has 30 heavy (non-hydrogen) atoms. The first-order valence-corrected chi connectivity index (χ1v) is 9.67. The molecular formula is C24H20N4O2. The van der Waals surface area contributed by atoms with Crippen molar-refractivity contribution < 1.29 is 4.79 Å². The molecule has 2 heterocycles. The van der Waals surface area contributed by atoms with Crippen LogP contribution in [0.4, 0.5) is 0 Å². The fraction of sp³-hybridized carbons (Fsp3) is 0.125. The van der Waals surface area contributed by atoms with Gasteiger partial charge in [-0.3, -0.25) is 9.59 Å². The molecule has 2 aromatic heterocycles. The summed E-state index contributed by atoms with van der Waals surface area (Å²) in [5.41, 5.74) is 3.04. The molecule has 148 valence electrons. The van der Waals surface area contributed by atoms with E-state index in [1.54, 1.807) is 18.5 Å². The van der Waals surface area contributed by atoms with Gasteiger partial charge in [-0.15, -0.1) is 0 Å². The Morgan fingerprint density at radius 3 is 2.30 bits per heavy atom. The maximum atomic E-state index is 12.8. The molecule has 0 amide bonds. The zero-order valence-corrected chi connectivity index (χ0v) is 16.4. The Labute approximate surface area is 173 Å². The summed E-state index contributed by atoms with van der Waals surface area (Å²) in [4.78, 5) is 39.8. The Bertz CT molecular complexity index is 1200. The van der Waals surface area contributed by atoms with Crippen LogP contribution in [0.15, 0.2) is 83.9 Å². The molecule has 4 rings (SSSR count). The summed E-state index contributed by atoms with van der Waals surface area (Å²) >= 11 is 0. The second-order valence-electron chi connectivity index (χ2n) is 7.07. The molecule has 0 fully saturated rings. The van der Waals surface area contributed by atoms with E-state index in [1.807, 2.05) is 37.3 Å². The number of nitrogens with one attached hydrogen (secondary N) is 1. The summed E-state index contributed by atoms with van der Waals surface area (Å²) < 4.78 is 0. The number of benzene rings is 2. The van der Waals surface area contributed by atoms with Gasteiger partial charge >= 0.3 is 0 Å². The van der Waals surface area contributed by atoms with Crippen molar-refractivity contribution in [1.82, 2.24) is 19.9 Å². The predicted octanol–water partition coefficient (Wildman–Crippen LogP) is 4.27. The van der Waals surface area contributed by atoms with Gasteiger partial charge in [-0.25, -0.2) is 15.0 Å². The summed E-state index contributed by atoms with van der Waals surface area (Å²) in [6, 6.07) is 21.2. The van der Waals surface area contributed by atoms with Gasteiger partial charge in [0.05, 0.1) is 0 Å². The summed E-state index contributed by atoms with van der Waals surface area (Å²) in [7, 11) is 0. The largest absolute Gasteiger partial charge is 0.304 e. The van der Waals surface area contributed by atoms with Gasteiger partial charge in [0.15, 0.2) is 17.4 Å². The number of aromatic nitrogens is 4. The van der Waals surface area contributed by atoms with Crippen LogP contribution in [0.25, 0.3) is 22.8 Å². The summed E-state index contributed by atoms with van der Waals surface area (Å²) in [5.74, 6) is 0.248. The zero-order valence-electron chi connectivity index (χ0n) is 16.4.